The average Bonchev–Trinajstić information content (AvgIpc) is 2.91. The molecule has 26 heavy (non-hydrogen) atoms. The third kappa shape index (κ3) is 3.87. The molecule has 0 bridgehead atoms. The Hall–Kier alpha value is -2.02. The van der Waals surface area contributed by atoms with Crippen LogP contribution in [-0.4, -0.2) is 23.9 Å². The summed E-state index contributed by atoms with van der Waals surface area (Å²) in [6, 6.07) is 12.6. The number of carbonyl (C=O) groups is 1. The van der Waals surface area contributed by atoms with Crippen LogP contribution in [0, 0.1) is 0 Å². The number of thiocarbonyl (C=S) groups is 1. The summed E-state index contributed by atoms with van der Waals surface area (Å²) in [6.45, 7) is 2.46. The van der Waals surface area contributed by atoms with Crippen LogP contribution >= 0.6 is 35.6 Å². The zero-order valence-electron chi connectivity index (χ0n) is 14.2. The van der Waals surface area contributed by atoms with Crippen LogP contribution in [-0.2, 0) is 4.79 Å². The second-order valence-electron chi connectivity index (χ2n) is 5.34. The van der Waals surface area contributed by atoms with Crippen LogP contribution < -0.4 is 14.4 Å². The molecule has 0 atom stereocenters. The molecule has 2 aromatic carbocycles. The first-order chi connectivity index (χ1) is 12.5. The topological polar surface area (TPSA) is 38.8 Å². The SMILES string of the molecule is CCOc1ccc(C=C2SC(=S)N(c3ccc(Cl)cc3)C2=O)cc1OC. The minimum absolute atomic E-state index is 0.157. The molecule has 0 spiro atoms. The van der Waals surface area contributed by atoms with Gasteiger partial charge in [-0.1, -0.05) is 41.6 Å². The number of nitrogens with zero attached hydrogens (tertiary/aromatic N) is 1. The maximum absolute atomic E-state index is 12.8. The van der Waals surface area contributed by atoms with Crippen LogP contribution in [0.3, 0.4) is 0 Å². The van der Waals surface area contributed by atoms with E-state index in [1.54, 1.807) is 37.5 Å². The molecule has 4 nitrogen and oxygen atoms in total. The van der Waals surface area contributed by atoms with E-state index in [2.05, 4.69) is 0 Å². The summed E-state index contributed by atoms with van der Waals surface area (Å²) in [5.74, 6) is 1.13. The van der Waals surface area contributed by atoms with Crippen LogP contribution in [0.2, 0.25) is 5.02 Å². The lowest BCUT2D eigenvalue weighted by Gasteiger charge is -2.14. The molecule has 3 rings (SSSR count). The summed E-state index contributed by atoms with van der Waals surface area (Å²) in [6.07, 6.45) is 1.80. The number of benzene rings is 2. The summed E-state index contributed by atoms with van der Waals surface area (Å²) < 4.78 is 11.4. The fourth-order valence-electron chi connectivity index (χ4n) is 2.48. The van der Waals surface area contributed by atoms with Crippen molar-refractivity contribution in [3.63, 3.8) is 0 Å². The molecule has 0 unspecified atom stereocenters. The molecule has 1 aliphatic rings. The minimum atomic E-state index is -0.157. The highest BCUT2D eigenvalue weighted by atomic mass is 35.5. The second-order valence-corrected chi connectivity index (χ2v) is 7.45. The number of carbonyl (C=O) groups excluding carboxylic acids is 1. The molecular weight excluding hydrogens is 390 g/mol. The molecule has 0 aliphatic carbocycles. The Morgan fingerprint density at radius 3 is 2.58 bits per heavy atom. The first kappa shape index (κ1) is 18.8. The van der Waals surface area contributed by atoms with Crippen LogP contribution in [0.15, 0.2) is 47.4 Å². The Morgan fingerprint density at radius 2 is 1.92 bits per heavy atom. The molecule has 1 fully saturated rings. The molecule has 2 aromatic rings. The van der Waals surface area contributed by atoms with Crippen LogP contribution in [0.5, 0.6) is 11.5 Å². The number of anilines is 1. The molecule has 1 saturated heterocycles. The Morgan fingerprint density at radius 1 is 1.19 bits per heavy atom. The summed E-state index contributed by atoms with van der Waals surface area (Å²) >= 11 is 12.6. The quantitative estimate of drug-likeness (QED) is 0.508. The number of ether oxygens (including phenoxy) is 2. The Bertz CT molecular complexity index is 881. The van der Waals surface area contributed by atoms with E-state index in [1.165, 1.54) is 16.7 Å². The van der Waals surface area contributed by atoms with E-state index < -0.39 is 0 Å². The third-order valence-corrected chi connectivity index (χ3v) is 5.22. The maximum atomic E-state index is 12.8. The average molecular weight is 406 g/mol. The van der Waals surface area contributed by atoms with Gasteiger partial charge in [0.05, 0.1) is 24.3 Å². The molecular formula is C19H16ClNO3S2. The van der Waals surface area contributed by atoms with Gasteiger partial charge in [0.15, 0.2) is 15.8 Å². The lowest BCUT2D eigenvalue weighted by atomic mass is 10.2. The highest BCUT2D eigenvalue weighted by Crippen LogP contribution is 2.37. The van der Waals surface area contributed by atoms with Gasteiger partial charge in [0.1, 0.15) is 0 Å². The Balaban J connectivity index is 1.89. The van der Waals surface area contributed by atoms with Gasteiger partial charge >= 0.3 is 0 Å². The monoisotopic (exact) mass is 405 g/mol. The van der Waals surface area contributed by atoms with Gasteiger partial charge < -0.3 is 9.47 Å². The molecule has 0 aromatic heterocycles. The van der Waals surface area contributed by atoms with E-state index in [0.717, 1.165) is 5.56 Å². The number of hydrogen-bond acceptors (Lipinski definition) is 5. The highest BCUT2D eigenvalue weighted by Gasteiger charge is 2.33. The predicted octanol–water partition coefficient (Wildman–Crippen LogP) is 5.15. The van der Waals surface area contributed by atoms with Gasteiger partial charge in [0.2, 0.25) is 0 Å². The highest BCUT2D eigenvalue weighted by molar-refractivity contribution is 8.27. The van der Waals surface area contributed by atoms with Gasteiger partial charge in [-0.3, -0.25) is 9.69 Å². The summed E-state index contributed by atoms with van der Waals surface area (Å²) in [4.78, 5) is 14.8. The van der Waals surface area contributed by atoms with E-state index in [4.69, 9.17) is 33.3 Å². The Labute approximate surface area is 166 Å². The third-order valence-electron chi connectivity index (χ3n) is 3.66. The Kier molecular flexibility index (Phi) is 5.86. The predicted molar refractivity (Wildman–Crippen MR) is 111 cm³/mol. The lowest BCUT2D eigenvalue weighted by molar-refractivity contribution is -0.113. The lowest BCUT2D eigenvalue weighted by Crippen LogP contribution is -2.27. The van der Waals surface area contributed by atoms with Crippen molar-refractivity contribution < 1.29 is 14.3 Å². The fourth-order valence-corrected chi connectivity index (χ4v) is 3.91. The van der Waals surface area contributed by atoms with Crippen LogP contribution in [0.25, 0.3) is 6.08 Å². The van der Waals surface area contributed by atoms with E-state index in [-0.39, 0.29) is 5.91 Å². The largest absolute Gasteiger partial charge is 0.493 e. The molecule has 0 saturated carbocycles. The summed E-state index contributed by atoms with van der Waals surface area (Å²) in [7, 11) is 1.58. The van der Waals surface area contributed by atoms with Crippen molar-refractivity contribution in [2.24, 2.45) is 0 Å². The summed E-state index contributed by atoms with van der Waals surface area (Å²) in [5, 5.41) is 0.608. The van der Waals surface area contributed by atoms with Crippen molar-refractivity contribution >= 4 is 57.6 Å². The van der Waals surface area contributed by atoms with E-state index in [0.29, 0.717) is 38.0 Å². The number of amides is 1. The first-order valence-corrected chi connectivity index (χ1v) is 9.48. The van der Waals surface area contributed by atoms with Crippen LogP contribution in [0.4, 0.5) is 5.69 Å². The molecule has 0 radical (unpaired) electrons. The van der Waals surface area contributed by atoms with Crippen molar-refractivity contribution in [1.29, 1.82) is 0 Å². The molecule has 1 heterocycles. The van der Waals surface area contributed by atoms with Crippen molar-refractivity contribution in [2.75, 3.05) is 18.6 Å². The van der Waals surface area contributed by atoms with Crippen molar-refractivity contribution in [3.05, 3.63) is 58.0 Å². The van der Waals surface area contributed by atoms with Gasteiger partial charge in [-0.2, -0.15) is 0 Å². The number of thioether (sulfide) groups is 1. The van der Waals surface area contributed by atoms with Crippen molar-refractivity contribution in [1.82, 2.24) is 0 Å². The number of hydrogen-bond donors (Lipinski definition) is 0. The van der Waals surface area contributed by atoms with E-state index in [9.17, 15) is 4.79 Å². The fraction of sp³-hybridized carbons (Fsp3) is 0.158. The van der Waals surface area contributed by atoms with E-state index in [1.807, 2.05) is 25.1 Å². The smallest absolute Gasteiger partial charge is 0.270 e. The molecule has 1 aliphatic heterocycles. The maximum Gasteiger partial charge on any atom is 0.270 e. The molecule has 0 N–H and O–H groups in total. The van der Waals surface area contributed by atoms with Gasteiger partial charge in [0, 0.05) is 5.02 Å². The molecule has 134 valence electrons. The zero-order valence-corrected chi connectivity index (χ0v) is 16.6. The minimum Gasteiger partial charge on any atom is -0.493 e. The summed E-state index contributed by atoms with van der Waals surface area (Å²) in [5.41, 5.74) is 1.53. The molecule has 7 heteroatoms. The first-order valence-electron chi connectivity index (χ1n) is 7.88. The standard InChI is InChI=1S/C19H16ClNO3S2/c1-3-24-15-9-4-12(10-16(15)23-2)11-17-18(22)21(19(25)26-17)14-7-5-13(20)6-8-14/h4-11H,3H2,1-2H3. The number of rotatable bonds is 5. The van der Waals surface area contributed by atoms with Gasteiger partial charge in [0.25, 0.3) is 5.91 Å². The normalized spacial score (nSPS) is 15.7. The van der Waals surface area contributed by atoms with Crippen molar-refractivity contribution in [3.8, 4) is 11.5 Å². The molecule has 1 amide bonds. The zero-order chi connectivity index (χ0) is 18.7. The number of halogens is 1. The van der Waals surface area contributed by atoms with Gasteiger partial charge in [-0.25, -0.2) is 0 Å². The van der Waals surface area contributed by atoms with Gasteiger partial charge in [-0.05, 0) is 55.0 Å². The van der Waals surface area contributed by atoms with Crippen molar-refractivity contribution in [2.45, 2.75) is 6.92 Å². The second kappa shape index (κ2) is 8.12. The van der Waals surface area contributed by atoms with E-state index >= 15 is 0 Å². The van der Waals surface area contributed by atoms with Gasteiger partial charge in [-0.15, -0.1) is 0 Å². The van der Waals surface area contributed by atoms with Crippen LogP contribution in [0.1, 0.15) is 12.5 Å². The number of methoxy groups -OCH3 is 1.